The maximum atomic E-state index is 4.18. The van der Waals surface area contributed by atoms with E-state index in [4.69, 9.17) is 0 Å². The summed E-state index contributed by atoms with van der Waals surface area (Å²) in [5.74, 6) is 2.87. The van der Waals surface area contributed by atoms with Crippen molar-refractivity contribution in [2.45, 2.75) is 24.9 Å². The molecule has 3 nitrogen and oxygen atoms in total. The van der Waals surface area contributed by atoms with Crippen molar-refractivity contribution in [1.82, 2.24) is 14.8 Å². The van der Waals surface area contributed by atoms with Gasteiger partial charge in [-0.3, -0.25) is 0 Å². The number of aryl methyl sites for hydroxylation is 1. The van der Waals surface area contributed by atoms with Crippen LogP contribution in [0.3, 0.4) is 0 Å². The van der Waals surface area contributed by atoms with Crippen LogP contribution in [0.25, 0.3) is 0 Å². The van der Waals surface area contributed by atoms with E-state index >= 15 is 0 Å². The summed E-state index contributed by atoms with van der Waals surface area (Å²) in [7, 11) is 2.01. The van der Waals surface area contributed by atoms with Crippen molar-refractivity contribution in [3.8, 4) is 0 Å². The average Bonchev–Trinajstić information content (AvgIpc) is 2.67. The van der Waals surface area contributed by atoms with Crippen LogP contribution in [0.4, 0.5) is 0 Å². The van der Waals surface area contributed by atoms with Crippen LogP contribution in [0.15, 0.2) is 28.7 Å². The lowest BCUT2D eigenvalue weighted by molar-refractivity contribution is 0.816. The molecule has 96 valence electrons. The molecule has 1 aromatic heterocycles. The van der Waals surface area contributed by atoms with Gasteiger partial charge in [-0.2, -0.15) is 0 Å². The smallest absolute Gasteiger partial charge is 0.142 e. The maximum Gasteiger partial charge on any atom is 0.142 e. The van der Waals surface area contributed by atoms with Crippen molar-refractivity contribution >= 4 is 27.7 Å². The zero-order valence-corrected chi connectivity index (χ0v) is 13.1. The molecule has 0 amide bonds. The first-order chi connectivity index (χ1) is 8.58. The molecule has 0 aliphatic heterocycles. The number of hydrogen-bond donors (Lipinski definition) is 0. The van der Waals surface area contributed by atoms with Gasteiger partial charge in [-0.15, -0.1) is 22.0 Å². The Morgan fingerprint density at radius 2 is 2.17 bits per heavy atom. The van der Waals surface area contributed by atoms with E-state index in [0.29, 0.717) is 5.25 Å². The van der Waals surface area contributed by atoms with Gasteiger partial charge in [0.05, 0.1) is 5.75 Å². The average molecular weight is 326 g/mol. The van der Waals surface area contributed by atoms with Crippen LogP contribution in [0.5, 0.6) is 0 Å². The van der Waals surface area contributed by atoms with E-state index in [9.17, 15) is 0 Å². The summed E-state index contributed by atoms with van der Waals surface area (Å²) in [4.78, 5) is 0. The number of aromatic nitrogens is 3. The minimum atomic E-state index is 0.444. The normalized spacial score (nSPS) is 12.7. The number of hydrogen-bond acceptors (Lipinski definition) is 3. The van der Waals surface area contributed by atoms with Crippen LogP contribution in [-0.4, -0.2) is 14.8 Å². The van der Waals surface area contributed by atoms with Crippen LogP contribution in [-0.2, 0) is 12.8 Å². The molecule has 2 aromatic rings. The topological polar surface area (TPSA) is 30.7 Å². The van der Waals surface area contributed by atoms with Gasteiger partial charge in [-0.25, -0.2) is 0 Å². The van der Waals surface area contributed by atoms with Gasteiger partial charge in [-0.05, 0) is 31.5 Å². The van der Waals surface area contributed by atoms with E-state index in [-0.39, 0.29) is 0 Å². The molecule has 2 rings (SSSR count). The highest BCUT2D eigenvalue weighted by Crippen LogP contribution is 2.31. The number of nitrogens with zero attached hydrogens (tertiary/aromatic N) is 3. The van der Waals surface area contributed by atoms with Crippen molar-refractivity contribution in [1.29, 1.82) is 0 Å². The van der Waals surface area contributed by atoms with E-state index in [0.717, 1.165) is 21.9 Å². The molecule has 0 fully saturated rings. The third-order valence-electron chi connectivity index (χ3n) is 2.96. The molecule has 1 aromatic carbocycles. The van der Waals surface area contributed by atoms with Gasteiger partial charge in [0.15, 0.2) is 0 Å². The van der Waals surface area contributed by atoms with Gasteiger partial charge >= 0.3 is 0 Å². The van der Waals surface area contributed by atoms with E-state index in [1.165, 1.54) is 5.56 Å². The molecule has 1 heterocycles. The second-order valence-corrected chi connectivity index (χ2v) is 6.48. The molecule has 0 saturated carbocycles. The monoisotopic (exact) mass is 325 g/mol. The number of halogens is 1. The highest BCUT2D eigenvalue weighted by molar-refractivity contribution is 9.10. The van der Waals surface area contributed by atoms with E-state index < -0.39 is 0 Å². The Balaban J connectivity index is 2.00. The number of benzene rings is 1. The zero-order valence-electron chi connectivity index (χ0n) is 10.7. The predicted molar refractivity (Wildman–Crippen MR) is 79.6 cm³/mol. The van der Waals surface area contributed by atoms with Crippen LogP contribution < -0.4 is 0 Å². The van der Waals surface area contributed by atoms with Crippen LogP contribution >= 0.6 is 27.7 Å². The van der Waals surface area contributed by atoms with Crippen molar-refractivity contribution < 1.29 is 0 Å². The first-order valence-corrected chi connectivity index (χ1v) is 7.64. The summed E-state index contributed by atoms with van der Waals surface area (Å²) in [6.45, 7) is 4.19. The summed E-state index contributed by atoms with van der Waals surface area (Å²) in [5, 5.41) is 8.70. The Kier molecular flexibility index (Phi) is 4.45. The highest BCUT2D eigenvalue weighted by Gasteiger charge is 2.10. The van der Waals surface area contributed by atoms with Gasteiger partial charge in [0.1, 0.15) is 11.6 Å². The zero-order chi connectivity index (χ0) is 13.1. The molecule has 18 heavy (non-hydrogen) atoms. The molecular formula is C13H16BrN3S. The lowest BCUT2D eigenvalue weighted by atomic mass is 10.2. The summed E-state index contributed by atoms with van der Waals surface area (Å²) in [6, 6.07) is 8.44. The number of thioether (sulfide) groups is 1. The van der Waals surface area contributed by atoms with Crippen molar-refractivity contribution in [3.63, 3.8) is 0 Å². The Bertz CT molecular complexity index is 539. The third-order valence-corrected chi connectivity index (χ3v) is 4.65. The van der Waals surface area contributed by atoms with E-state index in [2.05, 4.69) is 51.3 Å². The first-order valence-electron chi connectivity index (χ1n) is 5.80. The summed E-state index contributed by atoms with van der Waals surface area (Å²) >= 11 is 5.38. The van der Waals surface area contributed by atoms with Crippen LogP contribution in [0.1, 0.15) is 29.4 Å². The van der Waals surface area contributed by atoms with Crippen molar-refractivity contribution in [3.05, 3.63) is 46.0 Å². The molecule has 0 aliphatic rings. The van der Waals surface area contributed by atoms with Gasteiger partial charge < -0.3 is 4.57 Å². The molecule has 0 radical (unpaired) electrons. The summed E-state index contributed by atoms with van der Waals surface area (Å²) in [6.07, 6.45) is 0. The fraction of sp³-hybridized carbons (Fsp3) is 0.385. The molecular weight excluding hydrogens is 310 g/mol. The lowest BCUT2D eigenvalue weighted by Gasteiger charge is -2.11. The number of rotatable bonds is 4. The minimum Gasteiger partial charge on any atom is -0.318 e. The minimum absolute atomic E-state index is 0.444. The largest absolute Gasteiger partial charge is 0.318 e. The molecule has 0 N–H and O–H groups in total. The van der Waals surface area contributed by atoms with Crippen molar-refractivity contribution in [2.75, 3.05) is 0 Å². The second-order valence-electron chi connectivity index (χ2n) is 4.23. The highest BCUT2D eigenvalue weighted by atomic mass is 79.9. The predicted octanol–water partition coefficient (Wildman–Crippen LogP) is 3.88. The van der Waals surface area contributed by atoms with E-state index in [1.54, 1.807) is 0 Å². The first kappa shape index (κ1) is 13.6. The molecule has 0 spiro atoms. The fourth-order valence-electron chi connectivity index (χ4n) is 1.63. The Labute approximate surface area is 120 Å². The second kappa shape index (κ2) is 5.89. The summed E-state index contributed by atoms with van der Waals surface area (Å²) in [5.41, 5.74) is 1.33. The van der Waals surface area contributed by atoms with Gasteiger partial charge in [0.2, 0.25) is 0 Å². The quantitative estimate of drug-likeness (QED) is 0.854. The summed E-state index contributed by atoms with van der Waals surface area (Å²) < 4.78 is 3.17. The standard InChI is InChI=1S/C13H16BrN3S/c1-9(11-5-4-6-12(14)7-11)18-8-13-16-15-10(2)17(13)3/h4-7,9H,8H2,1-3H3. The molecule has 0 saturated heterocycles. The Morgan fingerprint density at radius 1 is 1.39 bits per heavy atom. The van der Waals surface area contributed by atoms with Crippen molar-refractivity contribution in [2.24, 2.45) is 7.05 Å². The van der Waals surface area contributed by atoms with E-state index in [1.807, 2.05) is 36.4 Å². The van der Waals surface area contributed by atoms with Crippen LogP contribution in [0, 0.1) is 6.92 Å². The Hall–Kier alpha value is -0.810. The molecule has 5 heteroatoms. The van der Waals surface area contributed by atoms with Gasteiger partial charge in [0.25, 0.3) is 0 Å². The molecule has 1 atom stereocenters. The van der Waals surface area contributed by atoms with Gasteiger partial charge in [0, 0.05) is 16.8 Å². The third kappa shape index (κ3) is 3.14. The fourth-order valence-corrected chi connectivity index (χ4v) is 3.04. The molecule has 1 unspecified atom stereocenters. The Morgan fingerprint density at radius 3 is 2.78 bits per heavy atom. The molecule has 0 bridgehead atoms. The SMILES string of the molecule is Cc1nnc(CSC(C)c2cccc(Br)c2)n1C. The van der Waals surface area contributed by atoms with Crippen LogP contribution in [0.2, 0.25) is 0 Å². The van der Waals surface area contributed by atoms with Gasteiger partial charge in [-0.1, -0.05) is 28.1 Å². The maximum absolute atomic E-state index is 4.18. The molecule has 0 aliphatic carbocycles. The lowest BCUT2D eigenvalue weighted by Crippen LogP contribution is -1.99.